The molecule has 1 atom stereocenters. The predicted octanol–water partition coefficient (Wildman–Crippen LogP) is 3.58. The number of amides is 2. The predicted molar refractivity (Wildman–Crippen MR) is 114 cm³/mol. The molecule has 14 heteroatoms. The van der Waals surface area contributed by atoms with Crippen molar-refractivity contribution >= 4 is 29.3 Å². The Kier molecular flexibility index (Phi) is 6.73. The zero-order valence-electron chi connectivity index (χ0n) is 18.3. The third-order valence-corrected chi connectivity index (χ3v) is 6.07. The zero-order valence-corrected chi connectivity index (χ0v) is 19.0. The smallest absolute Gasteiger partial charge is 0.435 e. The molecule has 2 N–H and O–H groups in total. The van der Waals surface area contributed by atoms with Crippen LogP contribution in [0, 0.1) is 5.82 Å². The number of aromatic nitrogens is 1. The maximum atomic E-state index is 13.5. The van der Waals surface area contributed by atoms with E-state index >= 15 is 0 Å². The highest BCUT2D eigenvalue weighted by molar-refractivity contribution is 6.35. The minimum Gasteiger partial charge on any atom is -0.435 e. The van der Waals surface area contributed by atoms with Crippen molar-refractivity contribution in [3.8, 4) is 0 Å². The summed E-state index contributed by atoms with van der Waals surface area (Å²) >= 11 is 6.21. The van der Waals surface area contributed by atoms with E-state index < -0.39 is 47.1 Å². The number of carbonyl (C=O) groups excluding carboxylic acids is 2. The minimum atomic E-state index is -4.74. The van der Waals surface area contributed by atoms with Crippen LogP contribution in [0.3, 0.4) is 0 Å². The van der Waals surface area contributed by atoms with E-state index in [1.807, 2.05) is 4.90 Å². The lowest BCUT2D eigenvalue weighted by Crippen LogP contribution is -2.57. The molecular formula is C21H20ClF4N5O4. The number of ether oxygens (including phenoxy) is 1. The zero-order chi connectivity index (χ0) is 25.4. The molecule has 0 bridgehead atoms. The Labute approximate surface area is 201 Å². The van der Waals surface area contributed by atoms with Crippen LogP contribution in [0.15, 0.2) is 33.9 Å². The minimum absolute atomic E-state index is 0.128. The largest absolute Gasteiger partial charge is 0.452 e. The summed E-state index contributed by atoms with van der Waals surface area (Å²) in [5, 5.41) is 10.0. The van der Waals surface area contributed by atoms with Gasteiger partial charge in [-0.3, -0.25) is 4.79 Å². The molecule has 4 rings (SSSR count). The molecule has 2 amide bonds. The molecule has 2 aromatic rings. The van der Waals surface area contributed by atoms with Crippen molar-refractivity contribution in [1.82, 2.24) is 20.8 Å². The second-order valence-electron chi connectivity index (χ2n) is 8.33. The fourth-order valence-corrected chi connectivity index (χ4v) is 4.38. The van der Waals surface area contributed by atoms with E-state index in [1.165, 1.54) is 12.1 Å². The van der Waals surface area contributed by atoms with Gasteiger partial charge in [0.15, 0.2) is 11.3 Å². The molecule has 35 heavy (non-hydrogen) atoms. The Balaban J connectivity index is 1.38. The summed E-state index contributed by atoms with van der Waals surface area (Å²) < 4.78 is 61.3. The normalized spacial score (nSPS) is 19.0. The molecule has 1 spiro atoms. The number of nitrogens with one attached hydrogen (secondary N) is 2. The van der Waals surface area contributed by atoms with Gasteiger partial charge in [-0.25, -0.2) is 14.6 Å². The number of piperidine rings is 1. The van der Waals surface area contributed by atoms with E-state index in [0.29, 0.717) is 49.8 Å². The summed E-state index contributed by atoms with van der Waals surface area (Å²) in [4.78, 5) is 26.2. The highest BCUT2D eigenvalue weighted by atomic mass is 35.5. The fraction of sp³-hybridized carbons (Fsp3) is 0.429. The average molecular weight is 518 g/mol. The van der Waals surface area contributed by atoms with Gasteiger partial charge in [0, 0.05) is 50.1 Å². The molecule has 0 saturated carbocycles. The molecule has 2 aliphatic heterocycles. The van der Waals surface area contributed by atoms with Crippen LogP contribution >= 0.6 is 11.6 Å². The first-order valence-electron chi connectivity index (χ1n) is 10.6. The molecule has 1 fully saturated rings. The average Bonchev–Trinajstić information content (AvgIpc) is 3.28. The van der Waals surface area contributed by atoms with Crippen LogP contribution in [0.4, 0.5) is 22.4 Å². The SMILES string of the molecule is C[C@@H](CN1CCC2(CC1)OC(=O)NN=C2c1ccc(F)cc1Cl)NC(=O)c1cc(C(F)(F)F)on1. The number of carbonyl (C=O) groups is 2. The third-order valence-electron chi connectivity index (χ3n) is 5.76. The monoisotopic (exact) mass is 517 g/mol. The maximum Gasteiger partial charge on any atom is 0.452 e. The lowest BCUT2D eigenvalue weighted by atomic mass is 9.82. The highest BCUT2D eigenvalue weighted by Crippen LogP contribution is 2.35. The number of benzene rings is 1. The number of hydrogen-bond donors (Lipinski definition) is 2. The van der Waals surface area contributed by atoms with Crippen molar-refractivity contribution in [2.45, 2.75) is 37.6 Å². The maximum absolute atomic E-state index is 13.5. The lowest BCUT2D eigenvalue weighted by Gasteiger charge is -2.43. The van der Waals surface area contributed by atoms with Gasteiger partial charge in [-0.15, -0.1) is 0 Å². The number of hydrogen-bond acceptors (Lipinski definition) is 7. The Morgan fingerprint density at radius 3 is 2.66 bits per heavy atom. The first-order valence-corrected chi connectivity index (χ1v) is 10.9. The van der Waals surface area contributed by atoms with Gasteiger partial charge in [0.1, 0.15) is 11.5 Å². The molecule has 0 unspecified atom stereocenters. The van der Waals surface area contributed by atoms with Crippen LogP contribution in [0.2, 0.25) is 5.02 Å². The molecular weight excluding hydrogens is 498 g/mol. The van der Waals surface area contributed by atoms with Crippen molar-refractivity contribution in [2.24, 2.45) is 5.10 Å². The molecule has 3 heterocycles. The van der Waals surface area contributed by atoms with E-state index in [0.717, 1.165) is 6.07 Å². The summed E-state index contributed by atoms with van der Waals surface area (Å²) in [5.41, 5.74) is 1.55. The Bertz CT molecular complexity index is 1160. The van der Waals surface area contributed by atoms with Gasteiger partial charge in [-0.2, -0.15) is 18.3 Å². The van der Waals surface area contributed by atoms with E-state index in [-0.39, 0.29) is 5.02 Å². The Hall–Kier alpha value is -3.19. The van der Waals surface area contributed by atoms with Crippen molar-refractivity contribution in [1.29, 1.82) is 0 Å². The van der Waals surface area contributed by atoms with Gasteiger partial charge in [-0.1, -0.05) is 16.8 Å². The Morgan fingerprint density at radius 2 is 2.03 bits per heavy atom. The van der Waals surface area contributed by atoms with Crippen molar-refractivity contribution in [3.05, 3.63) is 52.1 Å². The number of halogens is 5. The summed E-state index contributed by atoms with van der Waals surface area (Å²) in [6.07, 6.45) is -4.75. The van der Waals surface area contributed by atoms with Gasteiger partial charge in [0.2, 0.25) is 5.76 Å². The van der Waals surface area contributed by atoms with Crippen LogP contribution in [0.1, 0.15) is 41.6 Å². The number of likely N-dealkylation sites (tertiary alicyclic amines) is 1. The third kappa shape index (κ3) is 5.40. The van der Waals surface area contributed by atoms with Gasteiger partial charge >= 0.3 is 12.3 Å². The lowest BCUT2D eigenvalue weighted by molar-refractivity contribution is -0.155. The van der Waals surface area contributed by atoms with Crippen molar-refractivity contribution in [2.75, 3.05) is 19.6 Å². The second-order valence-corrected chi connectivity index (χ2v) is 8.74. The van der Waals surface area contributed by atoms with E-state index in [4.69, 9.17) is 16.3 Å². The van der Waals surface area contributed by atoms with Gasteiger partial charge < -0.3 is 19.5 Å². The van der Waals surface area contributed by atoms with Crippen LogP contribution in [-0.2, 0) is 10.9 Å². The summed E-state index contributed by atoms with van der Waals surface area (Å²) in [6.45, 7) is 2.98. The molecule has 2 aliphatic rings. The standard InChI is InChI=1S/C21H20ClF4N5O4/c1-11(27-18(32)15-9-16(35-30-15)21(24,25)26)10-31-6-4-20(5-7-31)17(28-29-19(33)34-20)13-3-2-12(23)8-14(13)22/h2-3,8-9,11H,4-7,10H2,1H3,(H,27,32)(H,29,33)/t11-/m0/s1. The summed E-state index contributed by atoms with van der Waals surface area (Å²) in [5.74, 6) is -2.66. The number of nitrogens with zero attached hydrogens (tertiary/aromatic N) is 3. The van der Waals surface area contributed by atoms with Crippen molar-refractivity contribution in [3.63, 3.8) is 0 Å². The number of rotatable bonds is 5. The molecule has 1 aromatic heterocycles. The topological polar surface area (TPSA) is 109 Å². The fourth-order valence-electron chi connectivity index (χ4n) is 4.12. The molecule has 0 aliphatic carbocycles. The van der Waals surface area contributed by atoms with Crippen molar-refractivity contribution < 1.29 is 36.4 Å². The molecule has 1 saturated heterocycles. The highest BCUT2D eigenvalue weighted by Gasteiger charge is 2.46. The van der Waals surface area contributed by atoms with E-state index in [1.54, 1.807) is 6.92 Å². The molecule has 0 radical (unpaired) electrons. The second kappa shape index (κ2) is 9.46. The van der Waals surface area contributed by atoms with E-state index in [2.05, 4.69) is 25.5 Å². The summed E-state index contributed by atoms with van der Waals surface area (Å²) in [7, 11) is 0. The molecule has 9 nitrogen and oxygen atoms in total. The van der Waals surface area contributed by atoms with E-state index in [9.17, 15) is 27.2 Å². The van der Waals surface area contributed by atoms with Gasteiger partial charge in [-0.05, 0) is 25.1 Å². The molecule has 1 aromatic carbocycles. The quantitative estimate of drug-likeness (QED) is 0.587. The number of hydrazone groups is 1. The van der Waals surface area contributed by atoms with Crippen LogP contribution in [0.25, 0.3) is 0 Å². The first-order chi connectivity index (χ1) is 16.5. The van der Waals surface area contributed by atoms with Crippen LogP contribution in [0.5, 0.6) is 0 Å². The van der Waals surface area contributed by atoms with Gasteiger partial charge in [0.05, 0.1) is 5.02 Å². The Morgan fingerprint density at radius 1 is 1.31 bits per heavy atom. The van der Waals surface area contributed by atoms with Gasteiger partial charge in [0.25, 0.3) is 5.91 Å². The first kappa shape index (κ1) is 24.9. The number of alkyl halides is 3. The molecule has 188 valence electrons. The van der Waals surface area contributed by atoms with Crippen LogP contribution < -0.4 is 10.7 Å². The summed E-state index contributed by atoms with van der Waals surface area (Å²) in [6, 6.07) is 3.96. The van der Waals surface area contributed by atoms with Crippen LogP contribution in [-0.4, -0.2) is 59.0 Å².